The van der Waals surface area contributed by atoms with E-state index in [2.05, 4.69) is 10.3 Å². The molecule has 1 amide bonds. The van der Waals surface area contributed by atoms with Crippen LogP contribution in [0.15, 0.2) is 59.5 Å². The molecule has 0 aliphatic carbocycles. The molecule has 1 N–H and O–H groups in total. The van der Waals surface area contributed by atoms with Gasteiger partial charge in [0.15, 0.2) is 0 Å². The van der Waals surface area contributed by atoms with Gasteiger partial charge in [0.05, 0.1) is 12.8 Å². The lowest BCUT2D eigenvalue weighted by molar-refractivity contribution is -0.112. The Labute approximate surface area is 159 Å². The first-order chi connectivity index (χ1) is 13.1. The van der Waals surface area contributed by atoms with Gasteiger partial charge >= 0.3 is 0 Å². The monoisotopic (exact) mass is 379 g/mol. The van der Waals surface area contributed by atoms with E-state index in [4.69, 9.17) is 4.74 Å². The number of ether oxygens (including phenoxy) is 1. The Kier molecular flexibility index (Phi) is 5.59. The number of rotatable bonds is 5. The fourth-order valence-electron chi connectivity index (χ4n) is 2.27. The van der Waals surface area contributed by atoms with Gasteiger partial charge in [-0.1, -0.05) is 6.07 Å². The van der Waals surface area contributed by atoms with E-state index in [9.17, 15) is 14.4 Å². The van der Waals surface area contributed by atoms with Gasteiger partial charge in [0, 0.05) is 22.7 Å². The summed E-state index contributed by atoms with van der Waals surface area (Å²) in [5, 5.41) is 14.4. The van der Waals surface area contributed by atoms with Gasteiger partial charge in [-0.3, -0.25) is 4.79 Å². The number of carbonyl (C=O) groups is 1. The Morgan fingerprint density at radius 2 is 2.07 bits per heavy atom. The molecule has 3 aromatic rings. The molecule has 5 nitrogen and oxygen atoms in total. The van der Waals surface area contributed by atoms with Gasteiger partial charge in [-0.15, -0.1) is 11.3 Å². The molecule has 0 saturated carbocycles. The maximum absolute atomic E-state index is 13.0. The van der Waals surface area contributed by atoms with Crippen LogP contribution in [0.5, 0.6) is 5.75 Å². The molecule has 0 radical (unpaired) electrons. The molecular weight excluding hydrogens is 365 g/mol. The molecule has 3 rings (SSSR count). The van der Waals surface area contributed by atoms with Crippen molar-refractivity contribution in [2.45, 2.75) is 0 Å². The van der Waals surface area contributed by atoms with Gasteiger partial charge in [0.1, 0.15) is 28.2 Å². The standard InChI is InChI=1S/C20H14FN3O2S/c1-26-18-4-2-3-16(10-18)23-19(25)14(11-22)9-17-12-27-20(24-17)13-5-7-15(21)8-6-13/h2-10,12H,1H3,(H,23,25)/b14-9+. The molecule has 0 bridgehead atoms. The van der Waals surface area contributed by atoms with Gasteiger partial charge in [-0.25, -0.2) is 9.37 Å². The normalized spacial score (nSPS) is 10.9. The summed E-state index contributed by atoms with van der Waals surface area (Å²) in [4.78, 5) is 16.7. The highest BCUT2D eigenvalue weighted by Crippen LogP contribution is 2.25. The van der Waals surface area contributed by atoms with Crippen LogP contribution in [-0.4, -0.2) is 18.0 Å². The molecular formula is C20H14FN3O2S. The van der Waals surface area contributed by atoms with Crippen LogP contribution in [0.25, 0.3) is 16.6 Å². The molecule has 1 heterocycles. The SMILES string of the molecule is COc1cccc(NC(=O)/C(C#N)=C/c2csc(-c3ccc(F)cc3)n2)c1. The van der Waals surface area contributed by atoms with Gasteiger partial charge in [0.25, 0.3) is 5.91 Å². The molecule has 1 aromatic heterocycles. The second-order valence-electron chi connectivity index (χ2n) is 5.44. The zero-order valence-corrected chi connectivity index (χ0v) is 15.1. The van der Waals surface area contributed by atoms with E-state index >= 15 is 0 Å². The van der Waals surface area contributed by atoms with E-state index in [1.807, 2.05) is 6.07 Å². The van der Waals surface area contributed by atoms with Crippen LogP contribution in [0.2, 0.25) is 0 Å². The summed E-state index contributed by atoms with van der Waals surface area (Å²) in [6.07, 6.45) is 1.42. The predicted octanol–water partition coefficient (Wildman–Crippen LogP) is 4.50. The number of nitrogens with zero attached hydrogens (tertiary/aromatic N) is 2. The maximum Gasteiger partial charge on any atom is 0.266 e. The lowest BCUT2D eigenvalue weighted by atomic mass is 10.2. The minimum atomic E-state index is -0.540. The molecule has 0 fully saturated rings. The summed E-state index contributed by atoms with van der Waals surface area (Å²) in [5.74, 6) is -0.266. The highest BCUT2D eigenvalue weighted by molar-refractivity contribution is 7.13. The molecule has 0 unspecified atom stereocenters. The first-order valence-corrected chi connectivity index (χ1v) is 8.75. The molecule has 0 aliphatic rings. The molecule has 27 heavy (non-hydrogen) atoms. The fourth-order valence-corrected chi connectivity index (χ4v) is 3.06. The van der Waals surface area contributed by atoms with Crippen LogP contribution < -0.4 is 10.1 Å². The minimum absolute atomic E-state index is 0.0752. The summed E-state index contributed by atoms with van der Waals surface area (Å²) in [5.41, 5.74) is 1.69. The zero-order chi connectivity index (χ0) is 19.2. The molecule has 0 atom stereocenters. The van der Waals surface area contributed by atoms with Gasteiger partial charge < -0.3 is 10.1 Å². The van der Waals surface area contributed by atoms with Crippen molar-refractivity contribution >= 4 is 29.0 Å². The summed E-state index contributed by atoms with van der Waals surface area (Å²) >= 11 is 1.35. The number of thiazole rings is 1. The number of nitrogens with one attached hydrogen (secondary N) is 1. The Bertz CT molecular complexity index is 1040. The van der Waals surface area contributed by atoms with Crippen molar-refractivity contribution in [2.24, 2.45) is 0 Å². The summed E-state index contributed by atoms with van der Waals surface area (Å²) in [6.45, 7) is 0. The smallest absolute Gasteiger partial charge is 0.266 e. The number of nitriles is 1. The van der Waals surface area contributed by atoms with E-state index in [0.29, 0.717) is 22.1 Å². The second kappa shape index (κ2) is 8.25. The van der Waals surface area contributed by atoms with Crippen molar-refractivity contribution in [3.05, 3.63) is 71.0 Å². The Morgan fingerprint density at radius 3 is 2.78 bits per heavy atom. The number of methoxy groups -OCH3 is 1. The first-order valence-electron chi connectivity index (χ1n) is 7.87. The van der Waals surface area contributed by atoms with E-state index < -0.39 is 5.91 Å². The number of halogens is 1. The molecule has 0 saturated heterocycles. The number of hydrogen-bond acceptors (Lipinski definition) is 5. The predicted molar refractivity (Wildman–Crippen MR) is 103 cm³/mol. The van der Waals surface area contributed by atoms with Crippen LogP contribution >= 0.6 is 11.3 Å². The number of amides is 1. The van der Waals surface area contributed by atoms with Crippen LogP contribution in [0.3, 0.4) is 0 Å². The highest BCUT2D eigenvalue weighted by atomic mass is 32.1. The second-order valence-corrected chi connectivity index (χ2v) is 6.30. The van der Waals surface area contributed by atoms with E-state index in [1.165, 1.54) is 36.7 Å². The summed E-state index contributed by atoms with van der Waals surface area (Å²) < 4.78 is 18.1. The van der Waals surface area contributed by atoms with Gasteiger partial charge in [-0.05, 0) is 42.5 Å². The third-order valence-corrected chi connectivity index (χ3v) is 4.51. The fraction of sp³-hybridized carbons (Fsp3) is 0.0500. The highest BCUT2D eigenvalue weighted by Gasteiger charge is 2.12. The van der Waals surface area contributed by atoms with Crippen molar-refractivity contribution < 1.29 is 13.9 Å². The van der Waals surface area contributed by atoms with E-state index in [-0.39, 0.29) is 11.4 Å². The van der Waals surface area contributed by atoms with Crippen molar-refractivity contribution in [2.75, 3.05) is 12.4 Å². The number of carbonyl (C=O) groups excluding carboxylic acids is 1. The average Bonchev–Trinajstić information content (AvgIpc) is 3.15. The summed E-state index contributed by atoms with van der Waals surface area (Å²) in [6, 6.07) is 14.7. The number of anilines is 1. The summed E-state index contributed by atoms with van der Waals surface area (Å²) in [7, 11) is 1.53. The molecule has 134 valence electrons. The molecule has 0 aliphatic heterocycles. The van der Waals surface area contributed by atoms with Gasteiger partial charge in [-0.2, -0.15) is 5.26 Å². The Balaban J connectivity index is 1.78. The molecule has 7 heteroatoms. The van der Waals surface area contributed by atoms with Crippen LogP contribution in [0.1, 0.15) is 5.69 Å². The van der Waals surface area contributed by atoms with Crippen molar-refractivity contribution in [1.82, 2.24) is 4.98 Å². The van der Waals surface area contributed by atoms with E-state index in [0.717, 1.165) is 5.56 Å². The Morgan fingerprint density at radius 1 is 1.30 bits per heavy atom. The Hall–Kier alpha value is -3.50. The van der Waals surface area contributed by atoms with Crippen LogP contribution in [0, 0.1) is 17.1 Å². The number of aromatic nitrogens is 1. The molecule has 2 aromatic carbocycles. The third kappa shape index (κ3) is 4.57. The number of benzene rings is 2. The van der Waals surface area contributed by atoms with Crippen molar-refractivity contribution in [3.8, 4) is 22.4 Å². The van der Waals surface area contributed by atoms with Crippen LogP contribution in [0.4, 0.5) is 10.1 Å². The van der Waals surface area contributed by atoms with Gasteiger partial charge in [0.2, 0.25) is 0 Å². The lowest BCUT2D eigenvalue weighted by Gasteiger charge is -2.06. The maximum atomic E-state index is 13.0. The van der Waals surface area contributed by atoms with Crippen LogP contribution in [-0.2, 0) is 4.79 Å². The average molecular weight is 379 g/mol. The third-order valence-electron chi connectivity index (χ3n) is 3.60. The zero-order valence-electron chi connectivity index (χ0n) is 14.3. The first kappa shape index (κ1) is 18.3. The largest absolute Gasteiger partial charge is 0.497 e. The van der Waals surface area contributed by atoms with Crippen molar-refractivity contribution in [3.63, 3.8) is 0 Å². The van der Waals surface area contributed by atoms with E-state index in [1.54, 1.807) is 41.8 Å². The minimum Gasteiger partial charge on any atom is -0.497 e. The molecule has 0 spiro atoms. The quantitative estimate of drug-likeness (QED) is 0.523. The lowest BCUT2D eigenvalue weighted by Crippen LogP contribution is -2.13. The topological polar surface area (TPSA) is 75.0 Å². The van der Waals surface area contributed by atoms with Crippen molar-refractivity contribution in [1.29, 1.82) is 5.26 Å². The number of hydrogen-bond donors (Lipinski definition) is 1.